The van der Waals surface area contributed by atoms with Gasteiger partial charge in [-0.25, -0.2) is 0 Å². The van der Waals surface area contributed by atoms with Crippen LogP contribution in [0.4, 0.5) is 0 Å². The number of hydrogen-bond acceptors (Lipinski definition) is 4. The summed E-state index contributed by atoms with van der Waals surface area (Å²) in [4.78, 5) is 4.30. The summed E-state index contributed by atoms with van der Waals surface area (Å²) in [6.45, 7) is 3.78. The monoisotopic (exact) mass is 292 g/mol. The van der Waals surface area contributed by atoms with Crippen molar-refractivity contribution in [3.63, 3.8) is 0 Å². The van der Waals surface area contributed by atoms with Gasteiger partial charge in [0.2, 0.25) is 0 Å². The van der Waals surface area contributed by atoms with Crippen LogP contribution >= 0.6 is 0 Å². The average molecular weight is 292 g/mol. The van der Waals surface area contributed by atoms with Crippen molar-refractivity contribution in [2.45, 2.75) is 57.6 Å². The minimum Gasteiger partial charge on any atom is -0.492 e. The zero-order valence-electron chi connectivity index (χ0n) is 13.3. The van der Waals surface area contributed by atoms with Gasteiger partial charge in [-0.1, -0.05) is 6.92 Å². The van der Waals surface area contributed by atoms with Crippen LogP contribution in [0.3, 0.4) is 0 Å². The topological polar surface area (TPSA) is 43.4 Å². The second-order valence-corrected chi connectivity index (χ2v) is 5.71. The highest BCUT2D eigenvalue weighted by Gasteiger charge is 2.17. The molecule has 2 unspecified atom stereocenters. The fourth-order valence-electron chi connectivity index (χ4n) is 2.79. The molecule has 4 nitrogen and oxygen atoms in total. The lowest BCUT2D eigenvalue weighted by Crippen LogP contribution is -2.23. The molecule has 21 heavy (non-hydrogen) atoms. The Morgan fingerprint density at radius 1 is 1.43 bits per heavy atom. The Morgan fingerprint density at radius 2 is 2.33 bits per heavy atom. The van der Waals surface area contributed by atoms with E-state index in [1.54, 1.807) is 6.20 Å². The van der Waals surface area contributed by atoms with E-state index in [1.807, 2.05) is 13.2 Å². The lowest BCUT2D eigenvalue weighted by Gasteiger charge is -2.25. The number of nitrogens with zero attached hydrogens (tertiary/aromatic N) is 1. The highest BCUT2D eigenvalue weighted by Crippen LogP contribution is 2.25. The van der Waals surface area contributed by atoms with Crippen molar-refractivity contribution in [1.29, 1.82) is 0 Å². The molecule has 0 spiro atoms. The first-order valence-corrected chi connectivity index (χ1v) is 8.20. The van der Waals surface area contributed by atoms with Gasteiger partial charge in [0.15, 0.2) is 0 Å². The molecule has 1 aromatic heterocycles. The lowest BCUT2D eigenvalue weighted by atomic mass is 9.98. The SMILES string of the molecule is CCCOc1cncc(C(CCC2CCCCO2)NC)c1. The normalized spacial score (nSPS) is 20.2. The van der Waals surface area contributed by atoms with E-state index in [9.17, 15) is 0 Å². The van der Waals surface area contributed by atoms with E-state index in [0.29, 0.717) is 12.1 Å². The molecule has 0 saturated carbocycles. The largest absolute Gasteiger partial charge is 0.492 e. The minimum atomic E-state index is 0.313. The van der Waals surface area contributed by atoms with E-state index in [2.05, 4.69) is 23.3 Å². The van der Waals surface area contributed by atoms with Gasteiger partial charge in [-0.05, 0) is 57.2 Å². The Labute approximate surface area is 128 Å². The van der Waals surface area contributed by atoms with Crippen molar-refractivity contribution in [3.8, 4) is 5.75 Å². The molecule has 118 valence electrons. The molecule has 2 rings (SSSR count). The fraction of sp³-hybridized carbons (Fsp3) is 0.706. The first kappa shape index (κ1) is 16.2. The van der Waals surface area contributed by atoms with Crippen LogP contribution in [0.25, 0.3) is 0 Å². The van der Waals surface area contributed by atoms with Crippen molar-refractivity contribution < 1.29 is 9.47 Å². The molecule has 1 aliphatic rings. The third kappa shape index (κ3) is 5.29. The number of pyridine rings is 1. The minimum absolute atomic E-state index is 0.313. The summed E-state index contributed by atoms with van der Waals surface area (Å²) in [7, 11) is 2.01. The van der Waals surface area contributed by atoms with Gasteiger partial charge in [-0.2, -0.15) is 0 Å². The zero-order chi connectivity index (χ0) is 14.9. The maximum Gasteiger partial charge on any atom is 0.137 e. The Hall–Kier alpha value is -1.13. The van der Waals surface area contributed by atoms with Crippen LogP contribution < -0.4 is 10.1 Å². The van der Waals surface area contributed by atoms with Gasteiger partial charge < -0.3 is 14.8 Å². The number of ether oxygens (including phenoxy) is 2. The van der Waals surface area contributed by atoms with E-state index >= 15 is 0 Å². The molecule has 0 aliphatic carbocycles. The van der Waals surface area contributed by atoms with Gasteiger partial charge in [0.25, 0.3) is 0 Å². The lowest BCUT2D eigenvalue weighted by molar-refractivity contribution is 0.00865. The summed E-state index contributed by atoms with van der Waals surface area (Å²) in [5.74, 6) is 0.864. The standard InChI is InChI=1S/C17H28N2O2/c1-3-9-20-16-11-14(12-19-13-16)17(18-2)8-7-15-6-4-5-10-21-15/h11-13,15,17-18H,3-10H2,1-2H3. The van der Waals surface area contributed by atoms with E-state index in [0.717, 1.165) is 38.2 Å². The molecular formula is C17H28N2O2. The van der Waals surface area contributed by atoms with Crippen LogP contribution in [0.1, 0.15) is 57.1 Å². The van der Waals surface area contributed by atoms with Crippen molar-refractivity contribution in [3.05, 3.63) is 24.0 Å². The number of hydrogen-bond donors (Lipinski definition) is 1. The fourth-order valence-corrected chi connectivity index (χ4v) is 2.79. The van der Waals surface area contributed by atoms with Crippen LogP contribution in [0.15, 0.2) is 18.5 Å². The maximum absolute atomic E-state index is 5.82. The molecule has 2 heterocycles. The number of nitrogens with one attached hydrogen (secondary N) is 1. The molecule has 0 bridgehead atoms. The molecule has 1 saturated heterocycles. The predicted octanol–water partition coefficient (Wildman–Crippen LogP) is 3.48. The van der Waals surface area contributed by atoms with Crippen molar-refractivity contribution in [1.82, 2.24) is 10.3 Å². The summed E-state index contributed by atoms with van der Waals surface area (Å²) < 4.78 is 11.5. The molecule has 1 N–H and O–H groups in total. The third-order valence-corrected chi connectivity index (χ3v) is 4.01. The molecular weight excluding hydrogens is 264 g/mol. The van der Waals surface area contributed by atoms with Gasteiger partial charge in [0, 0.05) is 18.8 Å². The average Bonchev–Trinajstić information content (AvgIpc) is 2.55. The summed E-state index contributed by atoms with van der Waals surface area (Å²) >= 11 is 0. The summed E-state index contributed by atoms with van der Waals surface area (Å²) in [5, 5.41) is 3.39. The quantitative estimate of drug-likeness (QED) is 0.796. The smallest absolute Gasteiger partial charge is 0.137 e. The molecule has 1 fully saturated rings. The molecule has 0 amide bonds. The van der Waals surface area contributed by atoms with Gasteiger partial charge in [-0.3, -0.25) is 4.98 Å². The second kappa shape index (κ2) is 9.00. The Kier molecular flexibility index (Phi) is 6.96. The van der Waals surface area contributed by atoms with E-state index < -0.39 is 0 Å². The predicted molar refractivity (Wildman–Crippen MR) is 84.6 cm³/mol. The highest BCUT2D eigenvalue weighted by molar-refractivity contribution is 5.26. The molecule has 2 atom stereocenters. The summed E-state index contributed by atoms with van der Waals surface area (Å²) in [6, 6.07) is 2.42. The van der Waals surface area contributed by atoms with E-state index in [-0.39, 0.29) is 0 Å². The molecule has 1 aromatic rings. The first-order valence-electron chi connectivity index (χ1n) is 8.20. The van der Waals surface area contributed by atoms with E-state index in [4.69, 9.17) is 9.47 Å². The summed E-state index contributed by atoms with van der Waals surface area (Å²) in [6.07, 6.45) is 11.1. The van der Waals surface area contributed by atoms with Gasteiger partial charge in [0.05, 0.1) is 18.9 Å². The van der Waals surface area contributed by atoms with Crippen LogP contribution in [0.5, 0.6) is 5.75 Å². The highest BCUT2D eigenvalue weighted by atomic mass is 16.5. The molecule has 1 aliphatic heterocycles. The van der Waals surface area contributed by atoms with Crippen LogP contribution in [0.2, 0.25) is 0 Å². The molecule has 0 radical (unpaired) electrons. The second-order valence-electron chi connectivity index (χ2n) is 5.71. The van der Waals surface area contributed by atoms with E-state index in [1.165, 1.54) is 24.8 Å². The van der Waals surface area contributed by atoms with Crippen molar-refractivity contribution in [2.24, 2.45) is 0 Å². The Bertz CT molecular complexity index is 406. The Balaban J connectivity index is 1.89. The summed E-state index contributed by atoms with van der Waals surface area (Å²) in [5.41, 5.74) is 1.20. The third-order valence-electron chi connectivity index (χ3n) is 4.01. The van der Waals surface area contributed by atoms with Crippen molar-refractivity contribution >= 4 is 0 Å². The number of aromatic nitrogens is 1. The van der Waals surface area contributed by atoms with Crippen LogP contribution in [0, 0.1) is 0 Å². The van der Waals surface area contributed by atoms with Crippen molar-refractivity contribution in [2.75, 3.05) is 20.3 Å². The van der Waals surface area contributed by atoms with Crippen LogP contribution in [-0.2, 0) is 4.74 Å². The number of rotatable bonds is 8. The maximum atomic E-state index is 5.82. The molecule has 0 aromatic carbocycles. The zero-order valence-corrected chi connectivity index (χ0v) is 13.3. The van der Waals surface area contributed by atoms with Crippen LogP contribution in [-0.4, -0.2) is 31.3 Å². The molecule has 4 heteroatoms. The van der Waals surface area contributed by atoms with Gasteiger partial charge in [0.1, 0.15) is 5.75 Å². The first-order chi connectivity index (χ1) is 10.3. The van der Waals surface area contributed by atoms with Gasteiger partial charge >= 0.3 is 0 Å². The van der Waals surface area contributed by atoms with Gasteiger partial charge in [-0.15, -0.1) is 0 Å². The Morgan fingerprint density at radius 3 is 3.05 bits per heavy atom.